The number of aromatic nitrogens is 1. The average molecular weight is 343 g/mol. The van der Waals surface area contributed by atoms with Crippen LogP contribution in [-0.4, -0.2) is 10.9 Å². The Morgan fingerprint density at radius 1 is 1.25 bits per heavy atom. The molecule has 1 aromatic carbocycles. The molecule has 1 amide bonds. The topological polar surface area (TPSA) is 77.2 Å². The van der Waals surface area contributed by atoms with Gasteiger partial charge in [-0.15, -0.1) is 0 Å². The first-order valence-electron chi connectivity index (χ1n) is 7.09. The zero-order valence-corrected chi connectivity index (χ0v) is 13.6. The zero-order chi connectivity index (χ0) is 17.1. The van der Waals surface area contributed by atoms with Crippen molar-refractivity contribution in [2.75, 3.05) is 11.1 Å². The Kier molecular flexibility index (Phi) is 4.43. The van der Waals surface area contributed by atoms with Crippen LogP contribution in [0.25, 0.3) is 0 Å². The van der Waals surface area contributed by atoms with Gasteiger partial charge >= 0.3 is 0 Å². The molecule has 0 aliphatic carbocycles. The molecule has 3 N–H and O–H groups in total. The smallest absolute Gasteiger partial charge is 0.260 e. The van der Waals surface area contributed by atoms with Crippen LogP contribution in [0, 0.1) is 12.9 Å². The highest BCUT2D eigenvalue weighted by Gasteiger charge is 2.15. The molecular formula is C17H14FN3O2S. The van der Waals surface area contributed by atoms with Crippen molar-refractivity contribution in [1.82, 2.24) is 4.98 Å². The number of thiophene rings is 1. The van der Waals surface area contributed by atoms with Crippen LogP contribution in [0.4, 0.5) is 15.2 Å². The normalized spacial score (nSPS) is 10.4. The van der Waals surface area contributed by atoms with E-state index in [1.165, 1.54) is 24.3 Å². The van der Waals surface area contributed by atoms with Crippen molar-refractivity contribution in [2.45, 2.75) is 6.92 Å². The van der Waals surface area contributed by atoms with Gasteiger partial charge < -0.3 is 15.8 Å². The Labute approximate surface area is 141 Å². The number of hydrogen-bond donors (Lipinski definition) is 2. The first-order valence-corrected chi connectivity index (χ1v) is 7.91. The first kappa shape index (κ1) is 15.9. The molecule has 3 aromatic rings. The van der Waals surface area contributed by atoms with Gasteiger partial charge in [-0.25, -0.2) is 4.98 Å². The molecule has 0 atom stereocenters. The molecule has 24 heavy (non-hydrogen) atoms. The van der Waals surface area contributed by atoms with Gasteiger partial charge in [0.1, 0.15) is 11.6 Å². The summed E-state index contributed by atoms with van der Waals surface area (Å²) >= 11 is 1.27. The van der Waals surface area contributed by atoms with E-state index in [0.717, 1.165) is 0 Å². The van der Waals surface area contributed by atoms with Crippen LogP contribution in [0.3, 0.4) is 0 Å². The highest BCUT2D eigenvalue weighted by Crippen LogP contribution is 2.33. The number of nitrogens with zero attached hydrogens (tertiary/aromatic N) is 1. The molecule has 0 bridgehead atoms. The summed E-state index contributed by atoms with van der Waals surface area (Å²) in [6.07, 6.45) is 0. The van der Waals surface area contributed by atoms with Crippen LogP contribution in [0.15, 0.2) is 48.5 Å². The Balaban J connectivity index is 1.73. The standard InChI is InChI=1S/C17H14FN3O2S/c1-10-9-12(16(19)21-15(10)18)17(22)20-13-7-8-14(24-13)23-11-5-3-2-4-6-11/h2-9H,1H3,(H2,19,21)(H,20,22). The molecule has 0 radical (unpaired) electrons. The van der Waals surface area contributed by atoms with Gasteiger partial charge in [0.15, 0.2) is 5.06 Å². The van der Waals surface area contributed by atoms with Crippen LogP contribution < -0.4 is 15.8 Å². The van der Waals surface area contributed by atoms with Gasteiger partial charge in [0.2, 0.25) is 5.95 Å². The monoisotopic (exact) mass is 343 g/mol. The summed E-state index contributed by atoms with van der Waals surface area (Å²) in [6, 6.07) is 14.2. The van der Waals surface area contributed by atoms with Gasteiger partial charge in [-0.2, -0.15) is 4.39 Å². The summed E-state index contributed by atoms with van der Waals surface area (Å²) in [4.78, 5) is 15.8. The fourth-order valence-corrected chi connectivity index (χ4v) is 2.78. The van der Waals surface area contributed by atoms with Crippen molar-refractivity contribution in [2.24, 2.45) is 0 Å². The molecule has 0 saturated heterocycles. The number of ether oxygens (including phenoxy) is 1. The van der Waals surface area contributed by atoms with Gasteiger partial charge in [0.05, 0.1) is 10.6 Å². The predicted octanol–water partition coefficient (Wildman–Crippen LogP) is 4.22. The third-order valence-corrected chi connectivity index (χ3v) is 4.08. The summed E-state index contributed by atoms with van der Waals surface area (Å²) < 4.78 is 19.0. The van der Waals surface area contributed by atoms with Gasteiger partial charge in [0, 0.05) is 5.56 Å². The lowest BCUT2D eigenvalue weighted by Gasteiger charge is -2.07. The number of rotatable bonds is 4. The molecule has 7 heteroatoms. The van der Waals surface area contributed by atoms with Crippen molar-refractivity contribution in [1.29, 1.82) is 0 Å². The quantitative estimate of drug-likeness (QED) is 0.696. The average Bonchev–Trinajstić information content (AvgIpc) is 2.98. The lowest BCUT2D eigenvalue weighted by molar-refractivity contribution is 0.102. The van der Waals surface area contributed by atoms with E-state index in [4.69, 9.17) is 10.5 Å². The van der Waals surface area contributed by atoms with E-state index in [0.29, 0.717) is 15.8 Å². The number of carbonyl (C=O) groups is 1. The number of anilines is 2. The number of nitrogens with two attached hydrogens (primary N) is 1. The largest absolute Gasteiger partial charge is 0.447 e. The van der Waals surface area contributed by atoms with Crippen molar-refractivity contribution in [3.63, 3.8) is 0 Å². The van der Waals surface area contributed by atoms with E-state index in [1.807, 2.05) is 30.3 Å². The van der Waals surface area contributed by atoms with E-state index in [-0.39, 0.29) is 16.9 Å². The number of pyridine rings is 1. The number of nitrogen functional groups attached to an aromatic ring is 1. The fraction of sp³-hybridized carbons (Fsp3) is 0.0588. The molecule has 122 valence electrons. The van der Waals surface area contributed by atoms with Crippen molar-refractivity contribution >= 4 is 28.1 Å². The maximum Gasteiger partial charge on any atom is 0.260 e. The van der Waals surface area contributed by atoms with Crippen molar-refractivity contribution in [3.8, 4) is 10.8 Å². The van der Waals surface area contributed by atoms with Crippen LogP contribution in [0.2, 0.25) is 0 Å². The maximum atomic E-state index is 13.3. The lowest BCUT2D eigenvalue weighted by Crippen LogP contribution is -2.15. The Hall–Kier alpha value is -2.93. The van der Waals surface area contributed by atoms with Gasteiger partial charge in [-0.3, -0.25) is 4.79 Å². The second-order valence-corrected chi connectivity index (χ2v) is 6.06. The molecule has 0 aliphatic rings. The molecule has 0 fully saturated rings. The Morgan fingerprint density at radius 2 is 2.00 bits per heavy atom. The SMILES string of the molecule is Cc1cc(C(=O)Nc2ccc(Oc3ccccc3)s2)c(N)nc1F. The van der Waals surface area contributed by atoms with Crippen LogP contribution in [0.5, 0.6) is 10.8 Å². The Bertz CT molecular complexity index is 881. The summed E-state index contributed by atoms with van der Waals surface area (Å²) in [5, 5.41) is 3.94. The van der Waals surface area contributed by atoms with E-state index >= 15 is 0 Å². The molecule has 2 aromatic heterocycles. The zero-order valence-electron chi connectivity index (χ0n) is 12.7. The molecule has 2 heterocycles. The molecule has 0 unspecified atom stereocenters. The lowest BCUT2D eigenvalue weighted by atomic mass is 10.2. The molecule has 0 saturated carbocycles. The highest BCUT2D eigenvalue weighted by atomic mass is 32.1. The number of aryl methyl sites for hydroxylation is 1. The molecule has 3 rings (SSSR count). The van der Waals surface area contributed by atoms with Crippen LogP contribution >= 0.6 is 11.3 Å². The number of halogens is 1. The molecule has 0 aliphatic heterocycles. The molecule has 5 nitrogen and oxygen atoms in total. The van der Waals surface area contributed by atoms with Gasteiger partial charge in [-0.05, 0) is 37.3 Å². The maximum absolute atomic E-state index is 13.3. The first-order chi connectivity index (χ1) is 11.5. The summed E-state index contributed by atoms with van der Waals surface area (Å²) in [5.41, 5.74) is 6.01. The molecular weight excluding hydrogens is 329 g/mol. The second-order valence-electron chi connectivity index (χ2n) is 5.02. The summed E-state index contributed by atoms with van der Waals surface area (Å²) in [5.74, 6) is -0.567. The van der Waals surface area contributed by atoms with E-state index in [9.17, 15) is 9.18 Å². The fourth-order valence-electron chi connectivity index (χ4n) is 2.01. The number of para-hydroxylation sites is 1. The second kappa shape index (κ2) is 6.67. The van der Waals surface area contributed by atoms with Crippen molar-refractivity contribution in [3.05, 3.63) is 65.6 Å². The summed E-state index contributed by atoms with van der Waals surface area (Å²) in [6.45, 7) is 1.52. The third kappa shape index (κ3) is 3.52. The van der Waals surface area contributed by atoms with E-state index < -0.39 is 11.9 Å². The Morgan fingerprint density at radius 3 is 2.75 bits per heavy atom. The van der Waals surface area contributed by atoms with Gasteiger partial charge in [0.25, 0.3) is 5.91 Å². The third-order valence-electron chi connectivity index (χ3n) is 3.21. The van der Waals surface area contributed by atoms with Crippen LogP contribution in [-0.2, 0) is 0 Å². The number of benzene rings is 1. The van der Waals surface area contributed by atoms with E-state index in [2.05, 4.69) is 10.3 Å². The van der Waals surface area contributed by atoms with Crippen molar-refractivity contribution < 1.29 is 13.9 Å². The predicted molar refractivity (Wildman–Crippen MR) is 92.1 cm³/mol. The minimum atomic E-state index is -0.682. The number of carbonyl (C=O) groups excluding carboxylic acids is 1. The van der Waals surface area contributed by atoms with Gasteiger partial charge in [-0.1, -0.05) is 29.5 Å². The van der Waals surface area contributed by atoms with Crippen LogP contribution in [0.1, 0.15) is 15.9 Å². The highest BCUT2D eigenvalue weighted by molar-refractivity contribution is 7.18. The minimum Gasteiger partial charge on any atom is -0.447 e. The summed E-state index contributed by atoms with van der Waals surface area (Å²) in [7, 11) is 0. The van der Waals surface area contributed by atoms with E-state index in [1.54, 1.807) is 12.1 Å². The minimum absolute atomic E-state index is 0.132. The number of hydrogen-bond acceptors (Lipinski definition) is 5. The molecule has 0 spiro atoms. The number of amides is 1. The number of nitrogens with one attached hydrogen (secondary N) is 1.